The molecule has 0 fully saturated rings. The highest BCUT2D eigenvalue weighted by atomic mass is 19.1. The van der Waals surface area contributed by atoms with Crippen LogP contribution in [0.1, 0.15) is 33.4 Å². The summed E-state index contributed by atoms with van der Waals surface area (Å²) in [6, 6.07) is 49.2. The Labute approximate surface area is 379 Å². The fraction of sp³-hybridized carbons (Fsp3) is 0.0690. The van der Waals surface area contributed by atoms with Crippen LogP contribution in [-0.2, 0) is 0 Å². The van der Waals surface area contributed by atoms with Crippen molar-refractivity contribution < 1.29 is 17.6 Å². The topological polar surface area (TPSA) is 54.1 Å². The standard InChI is InChI=1S/C58H38F4N4/c1-33-21-34(2)24-41(23-33)47-27-51(61)55(29-49(47)59)65(43-13-5-37(31-63)6-14-43)53-19-11-39-10-18-46-54(20-12-40-9-17-45(53)57(39)58(40)46)66(44-15-7-38(32-64)8-16-44)56-30-50(60)48(28-52(56)62)42-25-35(3)22-36(4)26-42/h5-30H,1-4H3. The number of hydrogen-bond acceptors (Lipinski definition) is 4. The summed E-state index contributed by atoms with van der Waals surface area (Å²) in [4.78, 5) is 3.33. The van der Waals surface area contributed by atoms with Crippen LogP contribution in [0.2, 0.25) is 0 Å². The smallest absolute Gasteiger partial charge is 0.148 e. The summed E-state index contributed by atoms with van der Waals surface area (Å²) in [6.45, 7) is 7.65. The average Bonchev–Trinajstić information content (AvgIpc) is 3.30. The second-order valence-electron chi connectivity index (χ2n) is 16.9. The lowest BCUT2D eigenvalue weighted by atomic mass is 9.91. The predicted octanol–water partition coefficient (Wildman–Crippen LogP) is 16.4. The number of nitriles is 2. The van der Waals surface area contributed by atoms with Crippen molar-refractivity contribution in [3.05, 3.63) is 214 Å². The number of hydrogen-bond donors (Lipinski definition) is 0. The van der Waals surface area contributed by atoms with E-state index in [1.807, 2.05) is 113 Å². The summed E-state index contributed by atoms with van der Waals surface area (Å²) in [7, 11) is 0. The normalized spacial score (nSPS) is 11.3. The van der Waals surface area contributed by atoms with E-state index in [9.17, 15) is 10.5 Å². The molecule has 0 aliphatic rings. The number of benzene rings is 10. The molecule has 0 aliphatic heterocycles. The molecule has 0 unspecified atom stereocenters. The van der Waals surface area contributed by atoms with Gasteiger partial charge in [0.2, 0.25) is 0 Å². The fourth-order valence-corrected chi connectivity index (χ4v) is 9.46. The highest BCUT2D eigenvalue weighted by Crippen LogP contribution is 2.49. The fourth-order valence-electron chi connectivity index (χ4n) is 9.46. The zero-order chi connectivity index (χ0) is 46.0. The second kappa shape index (κ2) is 16.3. The summed E-state index contributed by atoms with van der Waals surface area (Å²) >= 11 is 0. The minimum absolute atomic E-state index is 0.0326. The number of aryl methyl sites for hydroxylation is 4. The van der Waals surface area contributed by atoms with Crippen LogP contribution in [0.25, 0.3) is 54.6 Å². The van der Waals surface area contributed by atoms with E-state index in [-0.39, 0.29) is 22.5 Å². The van der Waals surface area contributed by atoms with Crippen molar-refractivity contribution in [3.63, 3.8) is 0 Å². The SMILES string of the molecule is Cc1cc(C)cc(-c2cc(F)c(N(c3ccc(C#N)cc3)c3ccc4ccc5c(N(c6ccc(C#N)cc6)c6cc(F)c(-c7cc(C)cc(C)c7)cc6F)ccc6ccc3c4c65)cc2F)c1. The average molecular weight is 867 g/mol. The van der Waals surface area contributed by atoms with E-state index in [4.69, 9.17) is 0 Å². The zero-order valence-corrected chi connectivity index (χ0v) is 36.3. The Bertz CT molecular complexity index is 3380. The lowest BCUT2D eigenvalue weighted by molar-refractivity contribution is 0.604. The molecule has 10 aromatic carbocycles. The van der Waals surface area contributed by atoms with Gasteiger partial charge in [-0.1, -0.05) is 95.1 Å². The van der Waals surface area contributed by atoms with Gasteiger partial charge in [0, 0.05) is 45.4 Å². The maximum Gasteiger partial charge on any atom is 0.148 e. The maximum atomic E-state index is 16.9. The van der Waals surface area contributed by atoms with E-state index < -0.39 is 23.3 Å². The van der Waals surface area contributed by atoms with Crippen LogP contribution in [-0.4, -0.2) is 0 Å². The van der Waals surface area contributed by atoms with Crippen LogP contribution >= 0.6 is 0 Å². The van der Waals surface area contributed by atoms with Crippen molar-refractivity contribution >= 4 is 66.4 Å². The molecule has 66 heavy (non-hydrogen) atoms. The molecule has 4 nitrogen and oxygen atoms in total. The third-order valence-corrected chi connectivity index (χ3v) is 12.2. The summed E-state index contributed by atoms with van der Waals surface area (Å²) < 4.78 is 66.7. The molecule has 8 heteroatoms. The van der Waals surface area contributed by atoms with Gasteiger partial charge in [-0.25, -0.2) is 17.6 Å². The molecule has 0 N–H and O–H groups in total. The third kappa shape index (κ3) is 7.19. The molecule has 0 saturated heterocycles. The minimum Gasteiger partial charge on any atom is -0.307 e. The van der Waals surface area contributed by atoms with Crippen molar-refractivity contribution in [2.24, 2.45) is 0 Å². The molecule has 0 aromatic heterocycles. The largest absolute Gasteiger partial charge is 0.307 e. The van der Waals surface area contributed by atoms with Gasteiger partial charge in [0.1, 0.15) is 23.3 Å². The third-order valence-electron chi connectivity index (χ3n) is 12.2. The predicted molar refractivity (Wildman–Crippen MR) is 259 cm³/mol. The molecular weight excluding hydrogens is 829 g/mol. The Balaban J connectivity index is 1.20. The molecule has 0 amide bonds. The highest BCUT2D eigenvalue weighted by Gasteiger charge is 2.26. The Kier molecular flexibility index (Phi) is 10.2. The van der Waals surface area contributed by atoms with E-state index in [0.717, 1.165) is 43.8 Å². The lowest BCUT2D eigenvalue weighted by Crippen LogP contribution is -2.14. The van der Waals surface area contributed by atoms with E-state index in [2.05, 4.69) is 12.1 Å². The molecular formula is C58H38F4N4. The quantitative estimate of drug-likeness (QED) is 0.113. The first-order chi connectivity index (χ1) is 31.9. The molecule has 0 bridgehead atoms. The number of anilines is 6. The molecule has 10 rings (SSSR count). The molecule has 318 valence electrons. The van der Waals surface area contributed by atoms with Crippen molar-refractivity contribution in [1.82, 2.24) is 0 Å². The van der Waals surface area contributed by atoms with Crippen LogP contribution in [0.4, 0.5) is 51.7 Å². The molecule has 10 aromatic rings. The Morgan fingerprint density at radius 3 is 1.06 bits per heavy atom. The van der Waals surface area contributed by atoms with Gasteiger partial charge in [0.05, 0.1) is 46.0 Å². The van der Waals surface area contributed by atoms with Gasteiger partial charge in [-0.05, 0) is 133 Å². The van der Waals surface area contributed by atoms with Gasteiger partial charge in [0.15, 0.2) is 0 Å². The van der Waals surface area contributed by atoms with Crippen LogP contribution in [0.3, 0.4) is 0 Å². The van der Waals surface area contributed by atoms with Crippen molar-refractivity contribution in [1.29, 1.82) is 10.5 Å². The van der Waals surface area contributed by atoms with Crippen LogP contribution in [0, 0.1) is 73.6 Å². The van der Waals surface area contributed by atoms with Gasteiger partial charge >= 0.3 is 0 Å². The van der Waals surface area contributed by atoms with Gasteiger partial charge in [-0.2, -0.15) is 10.5 Å². The zero-order valence-electron chi connectivity index (χ0n) is 36.3. The molecule has 0 heterocycles. The Morgan fingerprint density at radius 2 is 0.712 bits per heavy atom. The first kappa shape index (κ1) is 41.5. The minimum atomic E-state index is -0.654. The van der Waals surface area contributed by atoms with E-state index in [0.29, 0.717) is 55.8 Å². The Hall–Kier alpha value is -8.46. The molecule has 0 saturated carbocycles. The van der Waals surface area contributed by atoms with E-state index >= 15 is 17.6 Å². The van der Waals surface area contributed by atoms with Crippen LogP contribution < -0.4 is 9.80 Å². The van der Waals surface area contributed by atoms with Gasteiger partial charge in [0.25, 0.3) is 0 Å². The summed E-state index contributed by atoms with van der Waals surface area (Å²) in [5.74, 6) is -2.52. The molecule has 0 radical (unpaired) electrons. The summed E-state index contributed by atoms with van der Waals surface area (Å²) in [5.41, 5.74) is 7.92. The van der Waals surface area contributed by atoms with Crippen molar-refractivity contribution in [2.75, 3.05) is 9.80 Å². The summed E-state index contributed by atoms with van der Waals surface area (Å²) in [6.07, 6.45) is 0. The molecule has 0 spiro atoms. The number of rotatable bonds is 8. The molecule has 0 aliphatic carbocycles. The van der Waals surface area contributed by atoms with Crippen LogP contribution in [0.5, 0.6) is 0 Å². The monoisotopic (exact) mass is 866 g/mol. The molecule has 0 atom stereocenters. The van der Waals surface area contributed by atoms with Crippen LogP contribution in [0.15, 0.2) is 158 Å². The van der Waals surface area contributed by atoms with Gasteiger partial charge in [-0.3, -0.25) is 0 Å². The van der Waals surface area contributed by atoms with Gasteiger partial charge in [-0.15, -0.1) is 0 Å². The first-order valence-corrected chi connectivity index (χ1v) is 21.4. The lowest BCUT2D eigenvalue weighted by Gasteiger charge is -2.30. The maximum absolute atomic E-state index is 16.9. The number of nitrogens with zero attached hydrogens (tertiary/aromatic N) is 4. The first-order valence-electron chi connectivity index (χ1n) is 21.4. The van der Waals surface area contributed by atoms with Crippen molar-refractivity contribution in [2.45, 2.75) is 27.7 Å². The van der Waals surface area contributed by atoms with Crippen molar-refractivity contribution in [3.8, 4) is 34.4 Å². The second-order valence-corrected chi connectivity index (χ2v) is 16.9. The van der Waals surface area contributed by atoms with E-state index in [1.54, 1.807) is 58.3 Å². The number of halogens is 4. The summed E-state index contributed by atoms with van der Waals surface area (Å²) in [5, 5.41) is 24.1. The highest BCUT2D eigenvalue weighted by molar-refractivity contribution is 6.28. The van der Waals surface area contributed by atoms with E-state index in [1.165, 1.54) is 24.3 Å². The van der Waals surface area contributed by atoms with Gasteiger partial charge < -0.3 is 9.80 Å². The Morgan fingerprint density at radius 1 is 0.364 bits per heavy atom.